The molecular formula is C13H24N2OS. The van der Waals surface area contributed by atoms with Crippen LogP contribution in [0.5, 0.6) is 0 Å². The monoisotopic (exact) mass is 256 g/mol. The van der Waals surface area contributed by atoms with Crippen molar-refractivity contribution in [2.45, 2.75) is 64.2 Å². The van der Waals surface area contributed by atoms with Crippen LogP contribution in [0.25, 0.3) is 0 Å². The summed E-state index contributed by atoms with van der Waals surface area (Å²) in [6.07, 6.45) is 5.79. The Bertz CT molecular complexity index is 266. The lowest BCUT2D eigenvalue weighted by atomic mass is 10.1. The minimum atomic E-state index is 0.0705. The molecule has 0 aromatic carbocycles. The van der Waals surface area contributed by atoms with Gasteiger partial charge in [-0.1, -0.05) is 20.3 Å². The van der Waals surface area contributed by atoms with E-state index in [-0.39, 0.29) is 6.04 Å². The summed E-state index contributed by atoms with van der Waals surface area (Å²) in [5, 5.41) is 3.51. The Kier molecular flexibility index (Phi) is 4.74. The second-order valence-electron chi connectivity index (χ2n) is 5.02. The normalized spacial score (nSPS) is 31.2. The summed E-state index contributed by atoms with van der Waals surface area (Å²) in [5.74, 6) is 2.77. The van der Waals surface area contributed by atoms with E-state index in [2.05, 4.69) is 24.1 Å². The molecule has 2 unspecified atom stereocenters. The number of amides is 1. The van der Waals surface area contributed by atoms with E-state index < -0.39 is 0 Å². The fourth-order valence-corrected chi connectivity index (χ4v) is 3.99. The number of carbonyl (C=O) groups is 1. The van der Waals surface area contributed by atoms with Crippen LogP contribution in [0.4, 0.5) is 0 Å². The molecule has 2 aliphatic heterocycles. The number of hydrogen-bond donors (Lipinski definition) is 1. The van der Waals surface area contributed by atoms with Gasteiger partial charge < -0.3 is 4.90 Å². The van der Waals surface area contributed by atoms with Gasteiger partial charge in [0.2, 0.25) is 5.91 Å². The minimum absolute atomic E-state index is 0.0705. The van der Waals surface area contributed by atoms with Crippen LogP contribution < -0.4 is 5.32 Å². The highest BCUT2D eigenvalue weighted by atomic mass is 32.2. The highest BCUT2D eigenvalue weighted by Crippen LogP contribution is 2.28. The summed E-state index contributed by atoms with van der Waals surface area (Å²) in [4.78, 5) is 14.6. The van der Waals surface area contributed by atoms with Gasteiger partial charge in [-0.25, -0.2) is 0 Å². The van der Waals surface area contributed by atoms with Crippen LogP contribution in [0.3, 0.4) is 0 Å². The lowest BCUT2D eigenvalue weighted by Gasteiger charge is -2.35. The fraction of sp³-hybridized carbons (Fsp3) is 0.923. The van der Waals surface area contributed by atoms with Crippen molar-refractivity contribution >= 4 is 17.7 Å². The molecule has 1 N–H and O–H groups in total. The number of thioether (sulfide) groups is 1. The van der Waals surface area contributed by atoms with Crippen LogP contribution in [0.2, 0.25) is 0 Å². The van der Waals surface area contributed by atoms with Crippen molar-refractivity contribution < 1.29 is 4.79 Å². The molecule has 3 nitrogen and oxygen atoms in total. The molecule has 2 rings (SSSR count). The first kappa shape index (κ1) is 13.2. The molecule has 17 heavy (non-hydrogen) atoms. The zero-order valence-corrected chi connectivity index (χ0v) is 11.8. The first-order valence-electron chi connectivity index (χ1n) is 6.93. The number of hydrogen-bond acceptors (Lipinski definition) is 3. The summed E-state index contributed by atoms with van der Waals surface area (Å²) >= 11 is 2.02. The zero-order valence-electron chi connectivity index (χ0n) is 10.9. The molecule has 0 radical (unpaired) electrons. The van der Waals surface area contributed by atoms with Crippen molar-refractivity contribution in [3.05, 3.63) is 0 Å². The molecule has 2 atom stereocenters. The lowest BCUT2D eigenvalue weighted by Crippen LogP contribution is -2.46. The summed E-state index contributed by atoms with van der Waals surface area (Å²) < 4.78 is 0. The zero-order chi connectivity index (χ0) is 12.3. The van der Waals surface area contributed by atoms with Crippen molar-refractivity contribution in [1.82, 2.24) is 10.2 Å². The van der Waals surface area contributed by atoms with Crippen LogP contribution in [0, 0.1) is 0 Å². The van der Waals surface area contributed by atoms with Crippen LogP contribution in [0.15, 0.2) is 0 Å². The maximum atomic E-state index is 12.4. The number of nitrogens with zero attached hydrogens (tertiary/aromatic N) is 1. The molecule has 2 heterocycles. The Labute approximate surface area is 109 Å². The van der Waals surface area contributed by atoms with Gasteiger partial charge in [0.25, 0.3) is 0 Å². The average Bonchev–Trinajstić information content (AvgIpc) is 2.67. The van der Waals surface area contributed by atoms with E-state index in [0.29, 0.717) is 18.1 Å². The lowest BCUT2D eigenvalue weighted by molar-refractivity contribution is -0.132. The third-order valence-corrected chi connectivity index (χ3v) is 4.89. The quantitative estimate of drug-likeness (QED) is 0.837. The first-order chi connectivity index (χ1) is 8.27. The average molecular weight is 256 g/mol. The van der Waals surface area contributed by atoms with Gasteiger partial charge in [0, 0.05) is 6.04 Å². The Morgan fingerprint density at radius 3 is 2.65 bits per heavy atom. The van der Waals surface area contributed by atoms with E-state index in [1.54, 1.807) is 0 Å². The summed E-state index contributed by atoms with van der Waals surface area (Å²) in [5.41, 5.74) is 0. The molecule has 0 bridgehead atoms. The number of rotatable bonds is 4. The summed E-state index contributed by atoms with van der Waals surface area (Å²) in [7, 11) is 0. The standard InChI is InChI=1S/C13H24N2OS/c1-3-5-12-14-11(4-2)13(16)15(12)10-6-8-17-9-7-10/h10-12,14H,3-9H2,1-2H3. The van der Waals surface area contributed by atoms with Gasteiger partial charge >= 0.3 is 0 Å². The summed E-state index contributed by atoms with van der Waals surface area (Å²) in [6, 6.07) is 0.561. The van der Waals surface area contributed by atoms with E-state index in [1.807, 2.05) is 11.8 Å². The van der Waals surface area contributed by atoms with Gasteiger partial charge in [-0.3, -0.25) is 10.1 Å². The Hall–Kier alpha value is -0.220. The van der Waals surface area contributed by atoms with Gasteiger partial charge in [-0.2, -0.15) is 11.8 Å². The molecule has 2 fully saturated rings. The van der Waals surface area contributed by atoms with E-state index in [0.717, 1.165) is 19.3 Å². The van der Waals surface area contributed by atoms with Gasteiger partial charge in [-0.15, -0.1) is 0 Å². The third-order valence-electron chi connectivity index (χ3n) is 3.84. The van der Waals surface area contributed by atoms with Crippen LogP contribution >= 0.6 is 11.8 Å². The SMILES string of the molecule is CCCC1NC(CC)C(=O)N1C1CCSCC1. The Balaban J connectivity index is 2.06. The van der Waals surface area contributed by atoms with E-state index in [9.17, 15) is 4.79 Å². The van der Waals surface area contributed by atoms with Crippen molar-refractivity contribution in [3.8, 4) is 0 Å². The first-order valence-corrected chi connectivity index (χ1v) is 8.09. The molecule has 0 saturated carbocycles. The maximum Gasteiger partial charge on any atom is 0.241 e. The Morgan fingerprint density at radius 1 is 1.35 bits per heavy atom. The highest BCUT2D eigenvalue weighted by Gasteiger charge is 2.41. The van der Waals surface area contributed by atoms with Crippen LogP contribution in [-0.4, -0.2) is 40.6 Å². The smallest absolute Gasteiger partial charge is 0.241 e. The molecule has 0 aromatic rings. The fourth-order valence-electron chi connectivity index (χ4n) is 2.90. The van der Waals surface area contributed by atoms with Gasteiger partial charge in [0.1, 0.15) is 0 Å². The topological polar surface area (TPSA) is 32.3 Å². The van der Waals surface area contributed by atoms with Crippen molar-refractivity contribution in [2.75, 3.05) is 11.5 Å². The van der Waals surface area contributed by atoms with Crippen LogP contribution in [0.1, 0.15) is 46.0 Å². The van der Waals surface area contributed by atoms with Crippen molar-refractivity contribution in [3.63, 3.8) is 0 Å². The maximum absolute atomic E-state index is 12.4. The molecular weight excluding hydrogens is 232 g/mol. The molecule has 2 saturated heterocycles. The van der Waals surface area contributed by atoms with Crippen molar-refractivity contribution in [2.24, 2.45) is 0 Å². The van der Waals surface area contributed by atoms with Crippen LogP contribution in [-0.2, 0) is 4.79 Å². The second-order valence-corrected chi connectivity index (χ2v) is 6.25. The van der Waals surface area contributed by atoms with Gasteiger partial charge in [0.05, 0.1) is 12.2 Å². The number of carbonyl (C=O) groups excluding carboxylic acids is 1. The molecule has 0 aliphatic carbocycles. The van der Waals surface area contributed by atoms with Gasteiger partial charge in [-0.05, 0) is 37.2 Å². The molecule has 0 aromatic heterocycles. The number of nitrogens with one attached hydrogen (secondary N) is 1. The minimum Gasteiger partial charge on any atom is -0.323 e. The molecule has 98 valence electrons. The predicted molar refractivity (Wildman–Crippen MR) is 73.1 cm³/mol. The predicted octanol–water partition coefficient (Wildman–Crippen LogP) is 2.22. The second kappa shape index (κ2) is 6.10. The molecule has 1 amide bonds. The largest absolute Gasteiger partial charge is 0.323 e. The van der Waals surface area contributed by atoms with Gasteiger partial charge in [0.15, 0.2) is 0 Å². The van der Waals surface area contributed by atoms with Crippen molar-refractivity contribution in [1.29, 1.82) is 0 Å². The molecule has 0 spiro atoms. The molecule has 2 aliphatic rings. The van der Waals surface area contributed by atoms with E-state index in [1.165, 1.54) is 24.3 Å². The van der Waals surface area contributed by atoms with E-state index in [4.69, 9.17) is 0 Å². The Morgan fingerprint density at radius 2 is 2.06 bits per heavy atom. The molecule has 4 heteroatoms. The third kappa shape index (κ3) is 2.79. The van der Waals surface area contributed by atoms with E-state index >= 15 is 0 Å². The highest BCUT2D eigenvalue weighted by molar-refractivity contribution is 7.99. The summed E-state index contributed by atoms with van der Waals surface area (Å²) in [6.45, 7) is 4.29.